The Kier molecular flexibility index (Phi) is 10.6. The van der Waals surface area contributed by atoms with Gasteiger partial charge in [-0.05, 0) is 105 Å². The molecule has 0 bridgehead atoms. The number of rotatable bonds is 13. The van der Waals surface area contributed by atoms with Gasteiger partial charge in [-0.15, -0.1) is 0 Å². The van der Waals surface area contributed by atoms with Crippen LogP contribution in [0.15, 0.2) is 126 Å². The third-order valence-corrected chi connectivity index (χ3v) is 7.37. The van der Waals surface area contributed by atoms with Crippen molar-refractivity contribution in [3.05, 3.63) is 149 Å². The number of anilines is 5. The number of hydrogen-bond donors (Lipinski definition) is 0. The van der Waals surface area contributed by atoms with Crippen molar-refractivity contribution in [2.75, 3.05) is 23.1 Å². The van der Waals surface area contributed by atoms with Crippen LogP contribution in [0.2, 0.25) is 0 Å². The van der Waals surface area contributed by atoms with Gasteiger partial charge in [0.25, 0.3) is 0 Å². The number of hydrogen-bond acceptors (Lipinski definition) is 5. The highest BCUT2D eigenvalue weighted by Gasteiger charge is 2.13. The summed E-state index contributed by atoms with van der Waals surface area (Å²) in [6.07, 6.45) is 1.91. The Balaban J connectivity index is 1.43. The van der Waals surface area contributed by atoms with Gasteiger partial charge in [-0.25, -0.2) is 5.01 Å². The van der Waals surface area contributed by atoms with Gasteiger partial charge in [0.15, 0.2) is 0 Å². The molecule has 5 nitrogen and oxygen atoms in total. The fourth-order valence-corrected chi connectivity index (χ4v) is 4.86. The van der Waals surface area contributed by atoms with Crippen LogP contribution in [0.1, 0.15) is 41.7 Å². The molecule has 0 saturated heterocycles. The summed E-state index contributed by atoms with van der Waals surface area (Å²) < 4.78 is 11.2. The van der Waals surface area contributed by atoms with Gasteiger partial charge >= 0.3 is 0 Å². The van der Waals surface area contributed by atoms with Crippen LogP contribution in [-0.4, -0.2) is 19.4 Å². The summed E-state index contributed by atoms with van der Waals surface area (Å²) in [5, 5.41) is 6.93. The molecule has 5 aromatic carbocycles. The zero-order valence-electron chi connectivity index (χ0n) is 26.1. The predicted octanol–water partition coefficient (Wildman–Crippen LogP) is 10.0. The number of hydrazone groups is 1. The van der Waals surface area contributed by atoms with Gasteiger partial charge in [0, 0.05) is 30.3 Å². The molecule has 0 unspecified atom stereocenters. The van der Waals surface area contributed by atoms with E-state index in [1.54, 1.807) is 0 Å². The van der Waals surface area contributed by atoms with Crippen molar-refractivity contribution in [2.45, 2.75) is 40.9 Å². The normalized spacial score (nSPS) is 11.2. The summed E-state index contributed by atoms with van der Waals surface area (Å²) in [5.41, 5.74) is 11.0. The summed E-state index contributed by atoms with van der Waals surface area (Å²) >= 11 is 0. The van der Waals surface area contributed by atoms with Gasteiger partial charge in [-0.3, -0.25) is 0 Å². The van der Waals surface area contributed by atoms with Gasteiger partial charge in [0.05, 0.1) is 30.8 Å². The van der Waals surface area contributed by atoms with Crippen molar-refractivity contribution in [1.82, 2.24) is 0 Å². The lowest BCUT2D eigenvalue weighted by Gasteiger charge is -2.26. The summed E-state index contributed by atoms with van der Waals surface area (Å²) in [4.78, 5) is 2.28. The van der Waals surface area contributed by atoms with E-state index >= 15 is 0 Å². The number of ether oxygens (including phenoxy) is 2. The van der Waals surface area contributed by atoms with E-state index in [1.165, 1.54) is 11.1 Å². The first-order valence-electron chi connectivity index (χ1n) is 15.2. The third kappa shape index (κ3) is 8.01. The predicted molar refractivity (Wildman–Crippen MR) is 184 cm³/mol. The van der Waals surface area contributed by atoms with E-state index in [0.717, 1.165) is 45.1 Å². The second-order valence-electron chi connectivity index (χ2n) is 10.8. The van der Waals surface area contributed by atoms with Gasteiger partial charge in [-0.1, -0.05) is 71.8 Å². The highest BCUT2D eigenvalue weighted by Crippen LogP contribution is 2.35. The summed E-state index contributed by atoms with van der Waals surface area (Å²) in [6.45, 7) is 10.8. The van der Waals surface area contributed by atoms with E-state index in [0.29, 0.717) is 26.4 Å². The van der Waals surface area contributed by atoms with E-state index in [1.807, 2.05) is 25.1 Å². The highest BCUT2D eigenvalue weighted by molar-refractivity contribution is 5.84. The molecule has 0 spiro atoms. The molecule has 0 saturated carbocycles. The number of aryl methyl sites for hydroxylation is 2. The van der Waals surface area contributed by atoms with Crippen LogP contribution < -0.4 is 9.91 Å². The molecule has 0 atom stereocenters. The van der Waals surface area contributed by atoms with Crippen LogP contribution in [0.25, 0.3) is 0 Å². The maximum atomic E-state index is 5.59. The van der Waals surface area contributed by atoms with E-state index in [-0.39, 0.29) is 0 Å². The van der Waals surface area contributed by atoms with Crippen LogP contribution in [0, 0.1) is 13.8 Å². The molecule has 0 aliphatic carbocycles. The second kappa shape index (κ2) is 15.1. The molecule has 0 aliphatic rings. The molecule has 5 rings (SSSR count). The van der Waals surface area contributed by atoms with Crippen LogP contribution in [0.4, 0.5) is 28.4 Å². The summed E-state index contributed by atoms with van der Waals surface area (Å²) in [6, 6.07) is 42.5. The van der Waals surface area contributed by atoms with Crippen molar-refractivity contribution in [1.29, 1.82) is 0 Å². The molecular weight excluding hydrogens is 542 g/mol. The van der Waals surface area contributed by atoms with Crippen LogP contribution in [0.3, 0.4) is 0 Å². The Morgan fingerprint density at radius 1 is 0.500 bits per heavy atom. The largest absolute Gasteiger partial charge is 0.377 e. The summed E-state index contributed by atoms with van der Waals surface area (Å²) in [5.74, 6) is 0. The fourth-order valence-electron chi connectivity index (χ4n) is 4.86. The zero-order valence-corrected chi connectivity index (χ0v) is 26.1. The molecular formula is C39H41N3O2. The maximum Gasteiger partial charge on any atom is 0.0716 e. The molecule has 224 valence electrons. The molecule has 0 aromatic heterocycles. The minimum Gasteiger partial charge on any atom is -0.377 e. The second-order valence-corrected chi connectivity index (χ2v) is 10.8. The minimum atomic E-state index is 0.598. The van der Waals surface area contributed by atoms with Crippen LogP contribution in [-0.2, 0) is 22.7 Å². The van der Waals surface area contributed by atoms with Gasteiger partial charge in [0.1, 0.15) is 0 Å². The Bertz CT molecular complexity index is 1510. The lowest BCUT2D eigenvalue weighted by atomic mass is 10.1. The lowest BCUT2D eigenvalue weighted by Crippen LogP contribution is -2.11. The minimum absolute atomic E-state index is 0.598. The van der Waals surface area contributed by atoms with Crippen molar-refractivity contribution in [2.24, 2.45) is 5.10 Å². The van der Waals surface area contributed by atoms with E-state index in [4.69, 9.17) is 14.6 Å². The monoisotopic (exact) mass is 583 g/mol. The number of nitrogens with zero attached hydrogens (tertiary/aromatic N) is 3. The van der Waals surface area contributed by atoms with E-state index in [9.17, 15) is 0 Å². The molecule has 5 aromatic rings. The topological polar surface area (TPSA) is 37.3 Å². The Morgan fingerprint density at radius 3 is 1.25 bits per heavy atom. The Hall–Kier alpha value is -4.71. The third-order valence-electron chi connectivity index (χ3n) is 7.37. The lowest BCUT2D eigenvalue weighted by molar-refractivity contribution is 0.134. The average Bonchev–Trinajstić information content (AvgIpc) is 3.06. The smallest absolute Gasteiger partial charge is 0.0716 e. The van der Waals surface area contributed by atoms with E-state index < -0.39 is 0 Å². The highest BCUT2D eigenvalue weighted by atomic mass is 16.5. The molecule has 0 fully saturated rings. The standard InChI is InChI=1S/C39H41N3O2/c1-5-43-28-33-13-23-38(24-14-33)42(39-25-15-34(16-26-39)29-44-6-2)40-27-32-11-21-37(22-12-32)41(35-17-7-30(3)8-18-35)36-19-9-31(4)10-20-36/h7-27H,5-6,28-29H2,1-4H3. The maximum absolute atomic E-state index is 5.59. The summed E-state index contributed by atoms with van der Waals surface area (Å²) in [7, 11) is 0. The molecule has 44 heavy (non-hydrogen) atoms. The zero-order chi connectivity index (χ0) is 30.7. The molecule has 0 amide bonds. The first kappa shape index (κ1) is 30.7. The molecule has 0 radical (unpaired) electrons. The average molecular weight is 584 g/mol. The van der Waals surface area contributed by atoms with Crippen molar-refractivity contribution in [3.63, 3.8) is 0 Å². The van der Waals surface area contributed by atoms with Crippen LogP contribution in [0.5, 0.6) is 0 Å². The molecule has 0 N–H and O–H groups in total. The molecule has 0 heterocycles. The van der Waals surface area contributed by atoms with Crippen LogP contribution >= 0.6 is 0 Å². The number of benzene rings is 5. The van der Waals surface area contributed by atoms with Gasteiger partial charge < -0.3 is 14.4 Å². The Labute approximate surface area is 262 Å². The van der Waals surface area contributed by atoms with Gasteiger partial charge in [0.2, 0.25) is 0 Å². The van der Waals surface area contributed by atoms with Crippen molar-refractivity contribution >= 4 is 34.7 Å². The van der Waals surface area contributed by atoms with Gasteiger partial charge in [-0.2, -0.15) is 5.10 Å². The van der Waals surface area contributed by atoms with Crippen molar-refractivity contribution < 1.29 is 9.47 Å². The molecule has 0 aliphatic heterocycles. The quantitative estimate of drug-likeness (QED) is 0.102. The SMILES string of the molecule is CCOCc1ccc(N(N=Cc2ccc(N(c3ccc(C)cc3)c3ccc(C)cc3)cc2)c2ccc(COCC)cc2)cc1. The van der Waals surface area contributed by atoms with Crippen molar-refractivity contribution in [3.8, 4) is 0 Å². The Morgan fingerprint density at radius 2 is 0.864 bits per heavy atom. The fraction of sp³-hybridized carbons (Fsp3) is 0.205. The first-order chi connectivity index (χ1) is 21.5. The first-order valence-corrected chi connectivity index (χ1v) is 15.2. The van der Waals surface area contributed by atoms with E-state index in [2.05, 4.69) is 140 Å². The molecule has 5 heteroatoms.